The van der Waals surface area contributed by atoms with Crippen LogP contribution in [0.15, 0.2) is 91.0 Å². The van der Waals surface area contributed by atoms with Crippen molar-refractivity contribution >= 4 is 12.3 Å². The van der Waals surface area contributed by atoms with E-state index < -0.39 is 12.3 Å². The monoisotopic (exact) mass is 447 g/mol. The van der Waals surface area contributed by atoms with Gasteiger partial charge in [-0.3, -0.25) is 4.90 Å². The molecule has 7 heteroatoms. The fourth-order valence-electron chi connectivity index (χ4n) is 3.68. The molecule has 3 aromatic carbocycles. The van der Waals surface area contributed by atoms with Crippen LogP contribution in [0.1, 0.15) is 12.0 Å². The molecule has 1 fully saturated rings. The number of likely N-dealkylation sites (tertiary alicyclic amines) is 1. The summed E-state index contributed by atoms with van der Waals surface area (Å²) in [4.78, 5) is 26.2. The molecule has 33 heavy (non-hydrogen) atoms. The molecule has 170 valence electrons. The van der Waals surface area contributed by atoms with E-state index >= 15 is 0 Å². The Bertz CT molecular complexity index is 965. The normalized spacial score (nSPS) is 17.5. The fourth-order valence-corrected chi connectivity index (χ4v) is 3.68. The van der Waals surface area contributed by atoms with E-state index in [-0.39, 0.29) is 25.3 Å². The molecule has 2 atom stereocenters. The van der Waals surface area contributed by atoms with Crippen LogP contribution >= 0.6 is 0 Å². The summed E-state index contributed by atoms with van der Waals surface area (Å²) >= 11 is 0. The van der Waals surface area contributed by atoms with Crippen molar-refractivity contribution in [3.8, 4) is 11.5 Å². The van der Waals surface area contributed by atoms with Crippen molar-refractivity contribution in [1.29, 1.82) is 0 Å². The van der Waals surface area contributed by atoms with E-state index in [0.717, 1.165) is 5.56 Å². The Morgan fingerprint density at radius 2 is 1.09 bits per heavy atom. The number of ether oxygens (including phenoxy) is 4. The first-order valence-electron chi connectivity index (χ1n) is 10.8. The van der Waals surface area contributed by atoms with Crippen LogP contribution in [0.25, 0.3) is 0 Å². The molecular formula is C26H25NO6. The topological polar surface area (TPSA) is 74.3 Å². The van der Waals surface area contributed by atoms with Gasteiger partial charge < -0.3 is 18.9 Å². The number of hydrogen-bond donors (Lipinski definition) is 0. The Morgan fingerprint density at radius 1 is 0.667 bits per heavy atom. The van der Waals surface area contributed by atoms with Gasteiger partial charge in [-0.1, -0.05) is 66.7 Å². The van der Waals surface area contributed by atoms with Crippen LogP contribution in [0, 0.1) is 0 Å². The van der Waals surface area contributed by atoms with Crippen LogP contribution in [0.3, 0.4) is 0 Å². The lowest BCUT2D eigenvalue weighted by Crippen LogP contribution is -2.59. The first-order chi connectivity index (χ1) is 16.2. The molecule has 7 nitrogen and oxygen atoms in total. The minimum Gasteiger partial charge on any atom is -0.432 e. The second-order valence-electron chi connectivity index (χ2n) is 7.65. The number of benzene rings is 3. The van der Waals surface area contributed by atoms with Gasteiger partial charge in [0.1, 0.15) is 24.7 Å². The number of hydrogen-bond acceptors (Lipinski definition) is 7. The zero-order valence-corrected chi connectivity index (χ0v) is 18.0. The third kappa shape index (κ3) is 6.57. The van der Waals surface area contributed by atoms with Gasteiger partial charge >= 0.3 is 12.3 Å². The summed E-state index contributed by atoms with van der Waals surface area (Å²) in [6, 6.07) is 27.5. The highest BCUT2D eigenvalue weighted by Gasteiger charge is 2.40. The van der Waals surface area contributed by atoms with E-state index in [1.807, 2.05) is 42.5 Å². The fraction of sp³-hybridized carbons (Fsp3) is 0.231. The lowest BCUT2D eigenvalue weighted by molar-refractivity contribution is -0.0604. The third-order valence-corrected chi connectivity index (χ3v) is 5.37. The molecular weight excluding hydrogens is 422 g/mol. The zero-order chi connectivity index (χ0) is 22.9. The third-order valence-electron chi connectivity index (χ3n) is 5.37. The van der Waals surface area contributed by atoms with Gasteiger partial charge in [0.25, 0.3) is 0 Å². The molecule has 0 saturated carbocycles. The summed E-state index contributed by atoms with van der Waals surface area (Å²) in [7, 11) is 0. The highest BCUT2D eigenvalue weighted by atomic mass is 16.7. The molecule has 4 rings (SSSR count). The number of rotatable bonds is 8. The lowest BCUT2D eigenvalue weighted by atomic mass is 9.93. The van der Waals surface area contributed by atoms with Crippen LogP contribution in [0.4, 0.5) is 9.59 Å². The second kappa shape index (κ2) is 11.2. The molecule has 1 saturated heterocycles. The quantitative estimate of drug-likeness (QED) is 0.353. The van der Waals surface area contributed by atoms with Gasteiger partial charge in [0.2, 0.25) is 0 Å². The largest absolute Gasteiger partial charge is 0.513 e. The summed E-state index contributed by atoms with van der Waals surface area (Å²) in [5.74, 6) is 0.862. The Morgan fingerprint density at radius 3 is 1.55 bits per heavy atom. The van der Waals surface area contributed by atoms with Gasteiger partial charge in [0.15, 0.2) is 0 Å². The maximum absolute atomic E-state index is 12.0. The Labute approximate surface area is 192 Å². The van der Waals surface area contributed by atoms with E-state index in [1.54, 1.807) is 48.5 Å². The van der Waals surface area contributed by atoms with Crippen molar-refractivity contribution in [3.63, 3.8) is 0 Å². The first-order valence-corrected chi connectivity index (χ1v) is 10.8. The highest BCUT2D eigenvalue weighted by molar-refractivity contribution is 5.64. The molecule has 0 spiro atoms. The average molecular weight is 447 g/mol. The van der Waals surface area contributed by atoms with Crippen LogP contribution in [-0.2, 0) is 16.0 Å². The molecule has 0 bridgehead atoms. The predicted octanol–water partition coefficient (Wildman–Crippen LogP) is 5.06. The summed E-state index contributed by atoms with van der Waals surface area (Å²) in [6.45, 7) is 1.01. The Hall–Kier alpha value is -3.84. The standard InChI is InChI=1S/C26H25NO6/c28-25(32-23-12-6-2-7-13-23)30-18-21-16-22(27(21)17-20-10-4-1-5-11-20)19-31-26(29)33-24-14-8-3-9-15-24/h1-15,21-22H,16-19H2. The van der Waals surface area contributed by atoms with Crippen LogP contribution in [-0.4, -0.2) is 42.5 Å². The van der Waals surface area contributed by atoms with E-state index in [1.165, 1.54) is 0 Å². The summed E-state index contributed by atoms with van der Waals surface area (Å²) in [5, 5.41) is 0. The van der Waals surface area contributed by atoms with Crippen molar-refractivity contribution in [2.75, 3.05) is 13.2 Å². The molecule has 0 aliphatic carbocycles. The molecule has 0 amide bonds. The molecule has 0 aromatic heterocycles. The Balaban J connectivity index is 1.29. The van der Waals surface area contributed by atoms with Gasteiger partial charge in [-0.05, 0) is 36.2 Å². The minimum absolute atomic E-state index is 0.00715. The number of carbonyl (C=O) groups is 2. The second-order valence-corrected chi connectivity index (χ2v) is 7.65. The number of para-hydroxylation sites is 2. The summed E-state index contributed by atoms with van der Waals surface area (Å²) in [6.07, 6.45) is -0.775. The van der Waals surface area contributed by atoms with E-state index in [2.05, 4.69) is 4.90 Å². The first kappa shape index (κ1) is 22.4. The molecule has 3 aromatic rings. The van der Waals surface area contributed by atoms with Crippen molar-refractivity contribution in [2.24, 2.45) is 0 Å². The summed E-state index contributed by atoms with van der Waals surface area (Å²) < 4.78 is 21.0. The van der Waals surface area contributed by atoms with E-state index in [0.29, 0.717) is 24.5 Å². The molecule has 0 N–H and O–H groups in total. The van der Waals surface area contributed by atoms with Crippen molar-refractivity contribution < 1.29 is 28.5 Å². The SMILES string of the molecule is O=C(OCC1CC(COC(=O)Oc2ccccc2)N1Cc1ccccc1)Oc1ccccc1. The molecule has 0 radical (unpaired) electrons. The zero-order valence-electron chi connectivity index (χ0n) is 18.0. The highest BCUT2D eigenvalue weighted by Crippen LogP contribution is 2.29. The maximum atomic E-state index is 12.0. The van der Waals surface area contributed by atoms with Gasteiger partial charge in [-0.15, -0.1) is 0 Å². The smallest absolute Gasteiger partial charge is 0.432 e. The van der Waals surface area contributed by atoms with Gasteiger partial charge in [-0.25, -0.2) is 9.59 Å². The van der Waals surface area contributed by atoms with Gasteiger partial charge in [0.05, 0.1) is 0 Å². The van der Waals surface area contributed by atoms with Crippen LogP contribution in [0.5, 0.6) is 11.5 Å². The average Bonchev–Trinajstić information content (AvgIpc) is 2.83. The molecule has 1 aliphatic heterocycles. The number of carbonyl (C=O) groups excluding carboxylic acids is 2. The van der Waals surface area contributed by atoms with Crippen molar-refractivity contribution in [3.05, 3.63) is 96.6 Å². The Kier molecular flexibility index (Phi) is 7.56. The lowest BCUT2D eigenvalue weighted by Gasteiger charge is -2.47. The van der Waals surface area contributed by atoms with Gasteiger partial charge in [-0.2, -0.15) is 0 Å². The summed E-state index contributed by atoms with van der Waals surface area (Å²) in [5.41, 5.74) is 1.12. The molecule has 1 aliphatic rings. The maximum Gasteiger partial charge on any atom is 0.513 e. The minimum atomic E-state index is -0.744. The van der Waals surface area contributed by atoms with E-state index in [9.17, 15) is 9.59 Å². The van der Waals surface area contributed by atoms with Crippen molar-refractivity contribution in [1.82, 2.24) is 4.90 Å². The van der Waals surface area contributed by atoms with Crippen LogP contribution in [0.2, 0.25) is 0 Å². The van der Waals surface area contributed by atoms with E-state index in [4.69, 9.17) is 18.9 Å². The molecule has 1 heterocycles. The van der Waals surface area contributed by atoms with Gasteiger partial charge in [0, 0.05) is 18.6 Å². The predicted molar refractivity (Wildman–Crippen MR) is 121 cm³/mol. The van der Waals surface area contributed by atoms with Crippen molar-refractivity contribution in [2.45, 2.75) is 25.0 Å². The molecule has 2 unspecified atom stereocenters. The number of nitrogens with zero attached hydrogens (tertiary/aromatic N) is 1. The van der Waals surface area contributed by atoms with Crippen LogP contribution < -0.4 is 9.47 Å².